The van der Waals surface area contributed by atoms with Crippen LogP contribution >= 0.6 is 0 Å². The van der Waals surface area contributed by atoms with Crippen molar-refractivity contribution in [1.29, 1.82) is 0 Å². The Morgan fingerprint density at radius 2 is 1.67 bits per heavy atom. The van der Waals surface area contributed by atoms with Gasteiger partial charge in [0.1, 0.15) is 5.54 Å². The number of carbonyl (C=O) groups is 1. The zero-order valence-electron chi connectivity index (χ0n) is 16.3. The van der Waals surface area contributed by atoms with E-state index < -0.39 is 5.54 Å². The first-order valence-corrected chi connectivity index (χ1v) is 9.52. The average molecular weight is 368 g/mol. The van der Waals surface area contributed by atoms with E-state index in [0.29, 0.717) is 26.3 Å². The quantitative estimate of drug-likeness (QED) is 0.850. The van der Waals surface area contributed by atoms with Crippen molar-refractivity contribution in [2.75, 3.05) is 19.8 Å². The van der Waals surface area contributed by atoms with Gasteiger partial charge in [0.15, 0.2) is 11.5 Å². The van der Waals surface area contributed by atoms with E-state index in [1.807, 2.05) is 61.2 Å². The highest BCUT2D eigenvalue weighted by molar-refractivity contribution is 5.87. The Bertz CT molecular complexity index is 803. The molecule has 0 aliphatic carbocycles. The van der Waals surface area contributed by atoms with Crippen molar-refractivity contribution in [1.82, 2.24) is 4.90 Å². The molecule has 144 valence electrons. The highest BCUT2D eigenvalue weighted by atomic mass is 16.5. The van der Waals surface area contributed by atoms with Gasteiger partial charge < -0.3 is 20.1 Å². The molecule has 1 amide bonds. The van der Waals surface area contributed by atoms with E-state index in [-0.39, 0.29) is 5.91 Å². The van der Waals surface area contributed by atoms with Crippen molar-refractivity contribution >= 4 is 5.91 Å². The third kappa shape index (κ3) is 3.93. The van der Waals surface area contributed by atoms with E-state index in [9.17, 15) is 4.79 Å². The van der Waals surface area contributed by atoms with Crippen molar-refractivity contribution in [3.05, 3.63) is 59.2 Å². The second kappa shape index (κ2) is 8.01. The summed E-state index contributed by atoms with van der Waals surface area (Å²) in [5.74, 6) is 1.43. The number of nitrogens with zero attached hydrogens (tertiary/aromatic N) is 1. The summed E-state index contributed by atoms with van der Waals surface area (Å²) in [5.41, 5.74) is 8.50. The Balaban J connectivity index is 1.85. The summed E-state index contributed by atoms with van der Waals surface area (Å²) in [6.45, 7) is 8.02. The van der Waals surface area contributed by atoms with Gasteiger partial charge in [-0.3, -0.25) is 4.79 Å². The molecule has 0 bridgehead atoms. The highest BCUT2D eigenvalue weighted by Gasteiger charge is 2.36. The Kier molecular flexibility index (Phi) is 5.71. The molecular weight excluding hydrogens is 340 g/mol. The molecule has 5 nitrogen and oxygen atoms in total. The maximum absolute atomic E-state index is 13.2. The Morgan fingerprint density at radius 3 is 2.26 bits per heavy atom. The molecule has 0 spiro atoms. The van der Waals surface area contributed by atoms with Crippen molar-refractivity contribution in [3.63, 3.8) is 0 Å². The largest absolute Gasteiger partial charge is 0.490 e. The molecule has 2 aromatic carbocycles. The summed E-state index contributed by atoms with van der Waals surface area (Å²) in [5, 5.41) is 0. The minimum atomic E-state index is -1.05. The third-order valence-electron chi connectivity index (χ3n) is 4.98. The summed E-state index contributed by atoms with van der Waals surface area (Å²) in [6, 6.07) is 13.6. The average Bonchev–Trinajstić information content (AvgIpc) is 2.68. The molecule has 1 unspecified atom stereocenters. The number of nitrogens with two attached hydrogens (primary N) is 1. The molecule has 2 N–H and O–H groups in total. The fourth-order valence-electron chi connectivity index (χ4n) is 3.51. The van der Waals surface area contributed by atoms with Crippen LogP contribution < -0.4 is 15.2 Å². The molecule has 0 fully saturated rings. The number of hydrogen-bond donors (Lipinski definition) is 1. The monoisotopic (exact) mass is 368 g/mol. The topological polar surface area (TPSA) is 64.8 Å². The van der Waals surface area contributed by atoms with Gasteiger partial charge in [-0.05, 0) is 56.0 Å². The standard InChI is InChI=1S/C22H28N2O3/c1-4-26-19-13-16-11-12-24(15-17(16)14-20(19)27-5-2)21(25)22(3,23)18-9-7-6-8-10-18/h6-10,13-14H,4-5,11-12,15,23H2,1-3H3. The van der Waals surface area contributed by atoms with Crippen molar-refractivity contribution in [3.8, 4) is 11.5 Å². The summed E-state index contributed by atoms with van der Waals surface area (Å²) in [4.78, 5) is 15.0. The van der Waals surface area contributed by atoms with Gasteiger partial charge in [0.25, 0.3) is 0 Å². The normalized spacial score (nSPS) is 15.6. The Labute approximate surface area is 161 Å². The Morgan fingerprint density at radius 1 is 1.07 bits per heavy atom. The molecule has 27 heavy (non-hydrogen) atoms. The Hall–Kier alpha value is -2.53. The molecule has 2 aromatic rings. The molecule has 0 radical (unpaired) electrons. The van der Waals surface area contributed by atoms with Crippen molar-refractivity contribution in [2.45, 2.75) is 39.3 Å². The van der Waals surface area contributed by atoms with E-state index in [0.717, 1.165) is 29.0 Å². The van der Waals surface area contributed by atoms with Crippen molar-refractivity contribution in [2.24, 2.45) is 5.73 Å². The number of fused-ring (bicyclic) bond motifs is 1. The molecule has 1 atom stereocenters. The summed E-state index contributed by atoms with van der Waals surface area (Å²) in [6.07, 6.45) is 0.776. The first-order chi connectivity index (χ1) is 13.0. The first-order valence-electron chi connectivity index (χ1n) is 9.52. The van der Waals surface area contributed by atoms with E-state index in [4.69, 9.17) is 15.2 Å². The number of amides is 1. The summed E-state index contributed by atoms with van der Waals surface area (Å²) < 4.78 is 11.5. The highest BCUT2D eigenvalue weighted by Crippen LogP contribution is 2.34. The second-order valence-electron chi connectivity index (χ2n) is 6.98. The molecule has 0 saturated carbocycles. The van der Waals surface area contributed by atoms with E-state index >= 15 is 0 Å². The van der Waals surface area contributed by atoms with Gasteiger partial charge in [-0.25, -0.2) is 0 Å². The number of benzene rings is 2. The zero-order chi connectivity index (χ0) is 19.4. The molecule has 1 aliphatic heterocycles. The third-order valence-corrected chi connectivity index (χ3v) is 4.98. The van der Waals surface area contributed by atoms with Crippen LogP contribution in [0.5, 0.6) is 11.5 Å². The minimum Gasteiger partial charge on any atom is -0.490 e. The number of rotatable bonds is 6. The number of ether oxygens (including phenoxy) is 2. The van der Waals surface area contributed by atoms with E-state index in [1.165, 1.54) is 5.56 Å². The minimum absolute atomic E-state index is 0.0637. The zero-order valence-corrected chi connectivity index (χ0v) is 16.3. The van der Waals surface area contributed by atoms with Gasteiger partial charge in [-0.2, -0.15) is 0 Å². The van der Waals surface area contributed by atoms with Crippen LogP contribution in [-0.2, 0) is 23.3 Å². The molecule has 1 aliphatic rings. The predicted octanol–water partition coefficient (Wildman–Crippen LogP) is 3.24. The van der Waals surface area contributed by atoms with Gasteiger partial charge in [-0.15, -0.1) is 0 Å². The van der Waals surface area contributed by atoms with Crippen LogP contribution in [0.2, 0.25) is 0 Å². The molecular formula is C22H28N2O3. The van der Waals surface area contributed by atoms with Crippen LogP contribution in [0.15, 0.2) is 42.5 Å². The molecule has 1 heterocycles. The summed E-state index contributed by atoms with van der Waals surface area (Å²) >= 11 is 0. The first kappa shape index (κ1) is 19.2. The van der Waals surface area contributed by atoms with Gasteiger partial charge in [0.05, 0.1) is 13.2 Å². The maximum Gasteiger partial charge on any atom is 0.247 e. The lowest BCUT2D eigenvalue weighted by Gasteiger charge is -2.35. The van der Waals surface area contributed by atoms with Gasteiger partial charge in [-0.1, -0.05) is 30.3 Å². The fraction of sp³-hybridized carbons (Fsp3) is 0.409. The molecule has 5 heteroatoms. The van der Waals surface area contributed by atoms with Crippen LogP contribution in [0, 0.1) is 0 Å². The summed E-state index contributed by atoms with van der Waals surface area (Å²) in [7, 11) is 0. The molecule has 0 aromatic heterocycles. The van der Waals surface area contributed by atoms with Gasteiger partial charge in [0.2, 0.25) is 5.91 Å². The lowest BCUT2D eigenvalue weighted by atomic mass is 9.90. The lowest BCUT2D eigenvalue weighted by Crippen LogP contribution is -2.52. The number of hydrogen-bond acceptors (Lipinski definition) is 4. The van der Waals surface area contributed by atoms with Gasteiger partial charge in [0, 0.05) is 13.1 Å². The van der Waals surface area contributed by atoms with Crippen LogP contribution in [0.3, 0.4) is 0 Å². The van der Waals surface area contributed by atoms with Crippen molar-refractivity contribution < 1.29 is 14.3 Å². The SMILES string of the molecule is CCOc1cc2c(cc1OCC)CN(C(=O)C(C)(N)c1ccccc1)CC2. The van der Waals surface area contributed by atoms with Crippen LogP contribution in [0.25, 0.3) is 0 Å². The smallest absolute Gasteiger partial charge is 0.247 e. The molecule has 0 saturated heterocycles. The van der Waals surface area contributed by atoms with Crippen LogP contribution in [-0.4, -0.2) is 30.6 Å². The van der Waals surface area contributed by atoms with E-state index in [2.05, 4.69) is 0 Å². The van der Waals surface area contributed by atoms with Crippen LogP contribution in [0.4, 0.5) is 0 Å². The van der Waals surface area contributed by atoms with Crippen LogP contribution in [0.1, 0.15) is 37.5 Å². The predicted molar refractivity (Wildman–Crippen MR) is 106 cm³/mol. The van der Waals surface area contributed by atoms with E-state index in [1.54, 1.807) is 6.92 Å². The molecule has 3 rings (SSSR count). The second-order valence-corrected chi connectivity index (χ2v) is 6.98. The lowest BCUT2D eigenvalue weighted by molar-refractivity contribution is -0.137. The van der Waals surface area contributed by atoms with Gasteiger partial charge >= 0.3 is 0 Å². The number of carbonyl (C=O) groups excluding carboxylic acids is 1. The maximum atomic E-state index is 13.2. The fourth-order valence-corrected chi connectivity index (χ4v) is 3.51.